The van der Waals surface area contributed by atoms with E-state index >= 15 is 0 Å². The van der Waals surface area contributed by atoms with Gasteiger partial charge in [-0.25, -0.2) is 9.97 Å². The molecule has 0 aliphatic heterocycles. The fourth-order valence-electron chi connectivity index (χ4n) is 0.798. The SMILES string of the molecule is CCCSc1nccc(/C(N)=N/O)n1. The number of hydrogen-bond acceptors (Lipinski definition) is 5. The van der Waals surface area contributed by atoms with E-state index in [0.717, 1.165) is 12.2 Å². The van der Waals surface area contributed by atoms with Crippen LogP contribution in [0.2, 0.25) is 0 Å². The zero-order valence-electron chi connectivity index (χ0n) is 7.84. The Morgan fingerprint density at radius 1 is 1.71 bits per heavy atom. The number of thioether (sulfide) groups is 1. The monoisotopic (exact) mass is 212 g/mol. The van der Waals surface area contributed by atoms with E-state index < -0.39 is 0 Å². The maximum atomic E-state index is 8.45. The van der Waals surface area contributed by atoms with Gasteiger partial charge in [-0.05, 0) is 12.5 Å². The van der Waals surface area contributed by atoms with Crippen molar-refractivity contribution in [1.82, 2.24) is 9.97 Å². The fraction of sp³-hybridized carbons (Fsp3) is 0.375. The van der Waals surface area contributed by atoms with Crippen molar-refractivity contribution in [2.45, 2.75) is 18.5 Å². The minimum atomic E-state index is 0.00532. The summed E-state index contributed by atoms with van der Waals surface area (Å²) in [5, 5.41) is 12.0. The second kappa shape index (κ2) is 5.43. The van der Waals surface area contributed by atoms with E-state index in [9.17, 15) is 0 Å². The van der Waals surface area contributed by atoms with E-state index in [1.807, 2.05) is 0 Å². The Labute approximate surface area is 86.4 Å². The summed E-state index contributed by atoms with van der Waals surface area (Å²) in [7, 11) is 0. The molecule has 76 valence electrons. The van der Waals surface area contributed by atoms with Crippen molar-refractivity contribution in [2.24, 2.45) is 10.9 Å². The topological polar surface area (TPSA) is 84.4 Å². The molecule has 6 heteroatoms. The highest BCUT2D eigenvalue weighted by Gasteiger charge is 2.03. The van der Waals surface area contributed by atoms with Gasteiger partial charge in [0.25, 0.3) is 0 Å². The molecule has 0 bridgehead atoms. The molecule has 3 N–H and O–H groups in total. The smallest absolute Gasteiger partial charge is 0.188 e. The van der Waals surface area contributed by atoms with Crippen LogP contribution in [0.25, 0.3) is 0 Å². The van der Waals surface area contributed by atoms with Crippen LogP contribution in [-0.4, -0.2) is 26.8 Å². The summed E-state index contributed by atoms with van der Waals surface area (Å²) < 4.78 is 0. The number of oxime groups is 1. The Morgan fingerprint density at radius 2 is 2.50 bits per heavy atom. The van der Waals surface area contributed by atoms with Crippen LogP contribution in [0.3, 0.4) is 0 Å². The molecule has 0 unspecified atom stereocenters. The van der Waals surface area contributed by atoms with Gasteiger partial charge in [0, 0.05) is 11.9 Å². The van der Waals surface area contributed by atoms with Gasteiger partial charge in [0.15, 0.2) is 11.0 Å². The lowest BCUT2D eigenvalue weighted by atomic mass is 10.4. The van der Waals surface area contributed by atoms with Gasteiger partial charge in [0.2, 0.25) is 0 Å². The van der Waals surface area contributed by atoms with Crippen LogP contribution in [-0.2, 0) is 0 Å². The normalized spacial score (nSPS) is 11.6. The third-order valence-corrected chi connectivity index (χ3v) is 2.51. The van der Waals surface area contributed by atoms with Crippen LogP contribution in [0.15, 0.2) is 22.6 Å². The molecule has 0 fully saturated rings. The zero-order chi connectivity index (χ0) is 10.4. The van der Waals surface area contributed by atoms with Crippen LogP contribution in [0.1, 0.15) is 19.0 Å². The molecule has 1 aromatic rings. The lowest BCUT2D eigenvalue weighted by Gasteiger charge is -2.00. The standard InChI is InChI=1S/C8H12N4OS/c1-2-5-14-8-10-4-3-6(11-8)7(9)12-13/h3-4,13H,2,5H2,1H3,(H2,9,12). The molecule has 1 heterocycles. The highest BCUT2D eigenvalue weighted by atomic mass is 32.2. The predicted octanol–water partition coefficient (Wildman–Crippen LogP) is 1.07. The van der Waals surface area contributed by atoms with Gasteiger partial charge < -0.3 is 10.9 Å². The first-order chi connectivity index (χ1) is 6.77. The number of rotatable bonds is 4. The molecule has 0 aliphatic rings. The molecule has 14 heavy (non-hydrogen) atoms. The molecule has 1 aromatic heterocycles. The quantitative estimate of drug-likeness (QED) is 0.195. The first-order valence-electron chi connectivity index (χ1n) is 4.21. The maximum absolute atomic E-state index is 8.45. The van der Waals surface area contributed by atoms with Crippen molar-refractivity contribution in [3.8, 4) is 0 Å². The largest absolute Gasteiger partial charge is 0.409 e. The summed E-state index contributed by atoms with van der Waals surface area (Å²) in [6.07, 6.45) is 2.65. The van der Waals surface area contributed by atoms with Gasteiger partial charge in [0.05, 0.1) is 0 Å². The third kappa shape index (κ3) is 2.88. The Bertz CT molecular complexity index is 329. The van der Waals surface area contributed by atoms with Gasteiger partial charge in [-0.2, -0.15) is 0 Å². The summed E-state index contributed by atoms with van der Waals surface area (Å²) in [5.74, 6) is 0.963. The molecular weight excluding hydrogens is 200 g/mol. The molecule has 0 amide bonds. The predicted molar refractivity (Wildman–Crippen MR) is 55.6 cm³/mol. The van der Waals surface area contributed by atoms with Crippen molar-refractivity contribution >= 4 is 17.6 Å². The van der Waals surface area contributed by atoms with E-state index in [0.29, 0.717) is 10.9 Å². The highest BCUT2D eigenvalue weighted by molar-refractivity contribution is 7.99. The van der Waals surface area contributed by atoms with Crippen molar-refractivity contribution < 1.29 is 5.21 Å². The van der Waals surface area contributed by atoms with Crippen molar-refractivity contribution in [3.63, 3.8) is 0 Å². The van der Waals surface area contributed by atoms with Crippen LogP contribution >= 0.6 is 11.8 Å². The van der Waals surface area contributed by atoms with E-state index in [1.165, 1.54) is 0 Å². The summed E-state index contributed by atoms with van der Waals surface area (Å²) in [6.45, 7) is 2.08. The summed E-state index contributed by atoms with van der Waals surface area (Å²) in [5.41, 5.74) is 5.84. The summed E-state index contributed by atoms with van der Waals surface area (Å²) in [6, 6.07) is 1.60. The molecular formula is C8H12N4OS. The molecule has 0 saturated heterocycles. The number of nitrogens with zero attached hydrogens (tertiary/aromatic N) is 3. The van der Waals surface area contributed by atoms with E-state index in [-0.39, 0.29) is 5.84 Å². The lowest BCUT2D eigenvalue weighted by molar-refractivity contribution is 0.318. The average Bonchev–Trinajstić information content (AvgIpc) is 2.25. The van der Waals surface area contributed by atoms with Gasteiger partial charge >= 0.3 is 0 Å². The van der Waals surface area contributed by atoms with Gasteiger partial charge in [-0.1, -0.05) is 23.8 Å². The van der Waals surface area contributed by atoms with Gasteiger partial charge in [-0.15, -0.1) is 0 Å². The Balaban J connectivity index is 2.79. The van der Waals surface area contributed by atoms with Gasteiger partial charge in [-0.3, -0.25) is 0 Å². The first kappa shape index (κ1) is 10.8. The summed E-state index contributed by atoms with van der Waals surface area (Å²) in [4.78, 5) is 8.17. The Hall–Kier alpha value is -1.30. The second-order valence-corrected chi connectivity index (χ2v) is 3.62. The minimum Gasteiger partial charge on any atom is -0.409 e. The lowest BCUT2D eigenvalue weighted by Crippen LogP contribution is -2.15. The van der Waals surface area contributed by atoms with Crippen LogP contribution in [0.4, 0.5) is 0 Å². The molecule has 1 rings (SSSR count). The number of aromatic nitrogens is 2. The van der Waals surface area contributed by atoms with Crippen LogP contribution < -0.4 is 5.73 Å². The molecule has 0 atom stereocenters. The van der Waals surface area contributed by atoms with Crippen LogP contribution in [0, 0.1) is 0 Å². The number of nitrogens with two attached hydrogens (primary N) is 1. The molecule has 0 aromatic carbocycles. The third-order valence-electron chi connectivity index (χ3n) is 1.44. The van der Waals surface area contributed by atoms with Crippen molar-refractivity contribution in [2.75, 3.05) is 5.75 Å². The Kier molecular flexibility index (Phi) is 4.18. The maximum Gasteiger partial charge on any atom is 0.188 e. The zero-order valence-corrected chi connectivity index (χ0v) is 8.66. The number of hydrogen-bond donors (Lipinski definition) is 2. The van der Waals surface area contributed by atoms with Crippen molar-refractivity contribution in [3.05, 3.63) is 18.0 Å². The molecule has 0 saturated carbocycles. The summed E-state index contributed by atoms with van der Waals surface area (Å²) >= 11 is 1.55. The second-order valence-electron chi connectivity index (χ2n) is 2.56. The first-order valence-corrected chi connectivity index (χ1v) is 5.20. The van der Waals surface area contributed by atoms with E-state index in [1.54, 1.807) is 24.0 Å². The van der Waals surface area contributed by atoms with Crippen molar-refractivity contribution in [1.29, 1.82) is 0 Å². The minimum absolute atomic E-state index is 0.00532. The van der Waals surface area contributed by atoms with Gasteiger partial charge in [0.1, 0.15) is 5.69 Å². The molecule has 0 spiro atoms. The molecule has 0 aliphatic carbocycles. The molecule has 5 nitrogen and oxygen atoms in total. The average molecular weight is 212 g/mol. The Morgan fingerprint density at radius 3 is 3.14 bits per heavy atom. The molecule has 0 radical (unpaired) electrons. The fourth-order valence-corrected chi connectivity index (χ4v) is 1.48. The van der Waals surface area contributed by atoms with E-state index in [2.05, 4.69) is 22.0 Å². The van der Waals surface area contributed by atoms with E-state index in [4.69, 9.17) is 10.9 Å². The number of amidine groups is 1. The highest BCUT2D eigenvalue weighted by Crippen LogP contribution is 2.12. The van der Waals surface area contributed by atoms with Crippen LogP contribution in [0.5, 0.6) is 0 Å².